The zero-order valence-corrected chi connectivity index (χ0v) is 11.8. The van der Waals surface area contributed by atoms with Crippen LogP contribution in [0.3, 0.4) is 0 Å². The molecule has 0 aliphatic carbocycles. The average Bonchev–Trinajstić information content (AvgIpc) is 2.87. The third-order valence-corrected chi connectivity index (χ3v) is 3.56. The van der Waals surface area contributed by atoms with Gasteiger partial charge in [-0.05, 0) is 31.8 Å². The van der Waals surface area contributed by atoms with Crippen molar-refractivity contribution in [3.63, 3.8) is 0 Å². The van der Waals surface area contributed by atoms with Gasteiger partial charge in [0.15, 0.2) is 0 Å². The highest BCUT2D eigenvalue weighted by molar-refractivity contribution is 5.91. The minimum atomic E-state index is -0.890. The molecule has 0 unspecified atom stereocenters. The van der Waals surface area contributed by atoms with Crippen LogP contribution in [0.15, 0.2) is 12.2 Å². The molecule has 0 aromatic heterocycles. The number of aliphatic carboxylic acids is 1. The molecule has 1 aliphatic heterocycles. The van der Waals surface area contributed by atoms with Gasteiger partial charge in [0.1, 0.15) is 6.04 Å². The summed E-state index contributed by atoms with van der Waals surface area (Å²) in [4.78, 5) is 24.3. The summed E-state index contributed by atoms with van der Waals surface area (Å²) in [5.41, 5.74) is 0. The van der Waals surface area contributed by atoms with Crippen LogP contribution >= 0.6 is 0 Å². The van der Waals surface area contributed by atoms with Gasteiger partial charge in [0, 0.05) is 6.54 Å². The van der Waals surface area contributed by atoms with Crippen molar-refractivity contribution in [2.75, 3.05) is 6.54 Å². The van der Waals surface area contributed by atoms with Gasteiger partial charge in [-0.15, -0.1) is 0 Å². The van der Waals surface area contributed by atoms with E-state index in [1.165, 1.54) is 30.6 Å². The monoisotopic (exact) mass is 267 g/mol. The van der Waals surface area contributed by atoms with Crippen molar-refractivity contribution in [2.45, 2.75) is 64.3 Å². The molecule has 19 heavy (non-hydrogen) atoms. The van der Waals surface area contributed by atoms with Crippen LogP contribution in [-0.2, 0) is 9.59 Å². The second-order valence-corrected chi connectivity index (χ2v) is 5.13. The predicted octanol–water partition coefficient (Wildman–Crippen LogP) is 2.98. The number of rotatable bonds is 8. The third kappa shape index (κ3) is 5.45. The molecule has 1 saturated heterocycles. The first kappa shape index (κ1) is 15.7. The maximum atomic E-state index is 11.9. The fraction of sp³-hybridized carbons (Fsp3) is 0.733. The largest absolute Gasteiger partial charge is 0.480 e. The zero-order chi connectivity index (χ0) is 14.1. The topological polar surface area (TPSA) is 57.6 Å². The van der Waals surface area contributed by atoms with Crippen LogP contribution in [-0.4, -0.2) is 34.5 Å². The number of carbonyl (C=O) groups excluding carboxylic acids is 1. The summed E-state index contributed by atoms with van der Waals surface area (Å²) < 4.78 is 0. The Morgan fingerprint density at radius 1 is 1.26 bits per heavy atom. The molecule has 1 N–H and O–H groups in total. The molecule has 1 aliphatic rings. The Balaban J connectivity index is 2.24. The summed E-state index contributed by atoms with van der Waals surface area (Å²) >= 11 is 0. The number of unbranched alkanes of at least 4 members (excludes halogenated alkanes) is 5. The van der Waals surface area contributed by atoms with Gasteiger partial charge >= 0.3 is 5.97 Å². The summed E-state index contributed by atoms with van der Waals surface area (Å²) in [7, 11) is 0. The Morgan fingerprint density at radius 2 is 2.00 bits per heavy atom. The van der Waals surface area contributed by atoms with Crippen LogP contribution < -0.4 is 0 Å². The SMILES string of the molecule is CCCCCCCC=CC(=O)N1CCC[C@H]1C(=O)O. The maximum Gasteiger partial charge on any atom is 0.326 e. The molecule has 4 heteroatoms. The summed E-state index contributed by atoms with van der Waals surface area (Å²) in [6.45, 7) is 2.75. The van der Waals surface area contributed by atoms with Crippen LogP contribution in [0.25, 0.3) is 0 Å². The lowest BCUT2D eigenvalue weighted by molar-refractivity contribution is -0.146. The molecule has 0 saturated carbocycles. The number of nitrogens with zero attached hydrogens (tertiary/aromatic N) is 1. The van der Waals surface area contributed by atoms with Crippen molar-refractivity contribution in [1.29, 1.82) is 0 Å². The number of likely N-dealkylation sites (tertiary alicyclic amines) is 1. The second kappa shape index (κ2) is 8.73. The first-order valence-corrected chi connectivity index (χ1v) is 7.36. The van der Waals surface area contributed by atoms with Gasteiger partial charge in [-0.3, -0.25) is 4.79 Å². The van der Waals surface area contributed by atoms with Crippen molar-refractivity contribution < 1.29 is 14.7 Å². The van der Waals surface area contributed by atoms with Crippen molar-refractivity contribution in [3.8, 4) is 0 Å². The van der Waals surface area contributed by atoms with Gasteiger partial charge in [0.05, 0.1) is 0 Å². The van der Waals surface area contributed by atoms with E-state index >= 15 is 0 Å². The summed E-state index contributed by atoms with van der Waals surface area (Å²) in [5, 5.41) is 9.01. The predicted molar refractivity (Wildman–Crippen MR) is 74.9 cm³/mol. The van der Waals surface area contributed by atoms with E-state index in [1.807, 2.05) is 6.08 Å². The van der Waals surface area contributed by atoms with E-state index in [-0.39, 0.29) is 5.91 Å². The van der Waals surface area contributed by atoms with E-state index < -0.39 is 12.0 Å². The van der Waals surface area contributed by atoms with Crippen LogP contribution in [0.1, 0.15) is 58.3 Å². The van der Waals surface area contributed by atoms with Crippen molar-refractivity contribution in [1.82, 2.24) is 4.90 Å². The van der Waals surface area contributed by atoms with Gasteiger partial charge in [0.2, 0.25) is 5.91 Å². The molecule has 4 nitrogen and oxygen atoms in total. The van der Waals surface area contributed by atoms with E-state index in [4.69, 9.17) is 5.11 Å². The molecule has 1 atom stereocenters. The smallest absolute Gasteiger partial charge is 0.326 e. The summed E-state index contributed by atoms with van der Waals surface area (Å²) in [5.74, 6) is -1.04. The fourth-order valence-electron chi connectivity index (χ4n) is 2.43. The van der Waals surface area contributed by atoms with Gasteiger partial charge in [0.25, 0.3) is 0 Å². The molecule has 1 rings (SSSR count). The molecule has 1 fully saturated rings. The molecule has 0 bridgehead atoms. The molecule has 0 spiro atoms. The number of carboxylic acids is 1. The Bertz CT molecular complexity index is 325. The third-order valence-electron chi connectivity index (χ3n) is 3.56. The minimum Gasteiger partial charge on any atom is -0.480 e. The van der Waals surface area contributed by atoms with Crippen molar-refractivity contribution in [3.05, 3.63) is 12.2 Å². The lowest BCUT2D eigenvalue weighted by atomic mass is 10.1. The Labute approximate surface area is 115 Å². The molecule has 1 heterocycles. The van der Waals surface area contributed by atoms with E-state index in [2.05, 4.69) is 6.92 Å². The van der Waals surface area contributed by atoms with Crippen molar-refractivity contribution >= 4 is 11.9 Å². The fourth-order valence-corrected chi connectivity index (χ4v) is 2.43. The average molecular weight is 267 g/mol. The molecule has 0 radical (unpaired) electrons. The van der Waals surface area contributed by atoms with Crippen LogP contribution in [0.4, 0.5) is 0 Å². The number of hydrogen-bond donors (Lipinski definition) is 1. The first-order chi connectivity index (χ1) is 9.16. The van der Waals surface area contributed by atoms with E-state index in [1.54, 1.807) is 6.08 Å². The quantitative estimate of drug-likeness (QED) is 0.543. The van der Waals surface area contributed by atoms with Gasteiger partial charge in [-0.1, -0.05) is 38.7 Å². The van der Waals surface area contributed by atoms with E-state index in [0.717, 1.165) is 19.3 Å². The number of carboxylic acid groups (broad SMARTS) is 1. The van der Waals surface area contributed by atoms with Gasteiger partial charge in [-0.25, -0.2) is 4.79 Å². The molecule has 0 aromatic carbocycles. The highest BCUT2D eigenvalue weighted by Crippen LogP contribution is 2.17. The standard InChI is InChI=1S/C15H25NO3/c1-2-3-4-5-6-7-8-11-14(17)16-12-9-10-13(16)15(18)19/h8,11,13H,2-7,9-10,12H2,1H3,(H,18,19)/t13-/m0/s1. The molecular weight excluding hydrogens is 242 g/mol. The lowest BCUT2D eigenvalue weighted by Crippen LogP contribution is -2.39. The van der Waals surface area contributed by atoms with Crippen molar-refractivity contribution in [2.24, 2.45) is 0 Å². The highest BCUT2D eigenvalue weighted by atomic mass is 16.4. The summed E-state index contributed by atoms with van der Waals surface area (Å²) in [6, 6.07) is -0.623. The first-order valence-electron chi connectivity index (χ1n) is 7.36. The Hall–Kier alpha value is -1.32. The Morgan fingerprint density at radius 3 is 2.68 bits per heavy atom. The molecule has 1 amide bonds. The Kier molecular flexibility index (Phi) is 7.23. The van der Waals surface area contributed by atoms with Crippen LogP contribution in [0.5, 0.6) is 0 Å². The lowest BCUT2D eigenvalue weighted by Gasteiger charge is -2.19. The van der Waals surface area contributed by atoms with Crippen LogP contribution in [0, 0.1) is 0 Å². The number of carbonyl (C=O) groups is 2. The maximum absolute atomic E-state index is 11.9. The second-order valence-electron chi connectivity index (χ2n) is 5.13. The van der Waals surface area contributed by atoms with Crippen LogP contribution in [0.2, 0.25) is 0 Å². The van der Waals surface area contributed by atoms with E-state index in [0.29, 0.717) is 13.0 Å². The normalized spacial score (nSPS) is 19.2. The number of amides is 1. The summed E-state index contributed by atoms with van der Waals surface area (Å²) in [6.07, 6.45) is 11.8. The number of hydrogen-bond acceptors (Lipinski definition) is 2. The highest BCUT2D eigenvalue weighted by Gasteiger charge is 2.32. The minimum absolute atomic E-state index is 0.154. The van der Waals surface area contributed by atoms with Gasteiger partial charge < -0.3 is 10.0 Å². The molecule has 108 valence electrons. The molecular formula is C15H25NO3. The van der Waals surface area contributed by atoms with E-state index in [9.17, 15) is 9.59 Å². The molecule has 0 aromatic rings. The number of allylic oxidation sites excluding steroid dienone is 1. The zero-order valence-electron chi connectivity index (χ0n) is 11.8. The van der Waals surface area contributed by atoms with Gasteiger partial charge in [-0.2, -0.15) is 0 Å².